The predicted molar refractivity (Wildman–Crippen MR) is 289 cm³/mol. The highest BCUT2D eigenvalue weighted by atomic mass is 16.6. The van der Waals surface area contributed by atoms with Gasteiger partial charge in [0.25, 0.3) is 0 Å². The summed E-state index contributed by atoms with van der Waals surface area (Å²) < 4.78 is 16.9. The van der Waals surface area contributed by atoms with Crippen molar-refractivity contribution >= 4 is 17.9 Å². The smallest absolute Gasteiger partial charge is 0.306 e. The molecule has 6 heteroatoms. The Morgan fingerprint density at radius 1 is 0.299 bits per heavy atom. The molecule has 1 unspecified atom stereocenters. The van der Waals surface area contributed by atoms with Gasteiger partial charge in [0.05, 0.1) is 0 Å². The third kappa shape index (κ3) is 53.6. The van der Waals surface area contributed by atoms with Gasteiger partial charge in [-0.3, -0.25) is 14.4 Å². The quantitative estimate of drug-likeness (QED) is 0.0343. The minimum atomic E-state index is -0.764. The third-order valence-corrected chi connectivity index (χ3v) is 14.3. The first-order valence-electron chi connectivity index (χ1n) is 30.1. The first-order chi connectivity index (χ1) is 32.6. The average Bonchev–Trinajstić information content (AvgIpc) is 3.30. The van der Waals surface area contributed by atoms with Crippen LogP contribution >= 0.6 is 0 Å². The SMILES string of the molecule is CCC(C)CCCCCCCCCCCCCCCCC(=O)OC[C@H](COC(=O)CCCCCCCCCCCCCCCCCCCCC(C)C)OC(=O)CCCCCCCCCC(C)C. The number of rotatable bonds is 54. The summed E-state index contributed by atoms with van der Waals surface area (Å²) in [6, 6.07) is 0. The Balaban J connectivity index is 4.19. The van der Waals surface area contributed by atoms with E-state index in [4.69, 9.17) is 14.2 Å². The summed E-state index contributed by atoms with van der Waals surface area (Å²) in [5, 5.41) is 0. The van der Waals surface area contributed by atoms with E-state index < -0.39 is 6.10 Å². The van der Waals surface area contributed by atoms with E-state index >= 15 is 0 Å². The highest BCUT2D eigenvalue weighted by Gasteiger charge is 2.19. The van der Waals surface area contributed by atoms with E-state index in [1.165, 1.54) is 218 Å². The van der Waals surface area contributed by atoms with Crippen molar-refractivity contribution < 1.29 is 28.6 Å². The molecule has 0 bridgehead atoms. The number of unbranched alkanes of at least 4 members (excludes halogenated alkanes) is 36. The lowest BCUT2D eigenvalue weighted by molar-refractivity contribution is -0.167. The molecule has 0 saturated heterocycles. The molecule has 0 spiro atoms. The van der Waals surface area contributed by atoms with Crippen LogP contribution in [0.15, 0.2) is 0 Å². The molecule has 0 fully saturated rings. The second kappa shape index (κ2) is 52.2. The molecule has 398 valence electrons. The Morgan fingerprint density at radius 3 is 0.776 bits per heavy atom. The molecule has 0 aliphatic rings. The van der Waals surface area contributed by atoms with Gasteiger partial charge in [0.2, 0.25) is 0 Å². The molecule has 0 radical (unpaired) electrons. The summed E-state index contributed by atoms with van der Waals surface area (Å²) >= 11 is 0. The molecule has 0 aliphatic heterocycles. The van der Waals surface area contributed by atoms with Crippen LogP contribution in [0.25, 0.3) is 0 Å². The van der Waals surface area contributed by atoms with Gasteiger partial charge < -0.3 is 14.2 Å². The summed E-state index contributed by atoms with van der Waals surface area (Å²) in [5.74, 6) is 1.69. The fourth-order valence-corrected chi connectivity index (χ4v) is 9.32. The number of esters is 3. The maximum absolute atomic E-state index is 12.8. The Morgan fingerprint density at radius 2 is 0.522 bits per heavy atom. The largest absolute Gasteiger partial charge is 0.462 e. The number of hydrogen-bond donors (Lipinski definition) is 0. The topological polar surface area (TPSA) is 78.9 Å². The number of ether oxygens (including phenoxy) is 3. The standard InChI is InChI=1S/C61H118O6/c1-7-57(6)49-43-37-31-25-21-17-14-15-19-23-27-33-39-45-51-60(63)66-54-58(67-61(64)52-46-40-34-28-30-36-42-48-56(4)5)53-65-59(62)50-44-38-32-26-22-18-13-11-9-8-10-12-16-20-24-29-35-41-47-55(2)3/h55-58H,7-54H2,1-6H3/t57?,58-/m0/s1. The van der Waals surface area contributed by atoms with Crippen molar-refractivity contribution in [3.05, 3.63) is 0 Å². The van der Waals surface area contributed by atoms with Crippen LogP contribution < -0.4 is 0 Å². The molecule has 0 rings (SSSR count). The molecule has 0 heterocycles. The van der Waals surface area contributed by atoms with Crippen LogP contribution in [0.1, 0.15) is 337 Å². The molecule has 0 aliphatic carbocycles. The molecule has 0 amide bonds. The molecular weight excluding hydrogens is 829 g/mol. The zero-order valence-corrected chi connectivity index (χ0v) is 46.2. The van der Waals surface area contributed by atoms with Crippen LogP contribution in [0, 0.1) is 17.8 Å². The highest BCUT2D eigenvalue weighted by Crippen LogP contribution is 2.19. The predicted octanol–water partition coefficient (Wildman–Crippen LogP) is 19.9. The van der Waals surface area contributed by atoms with Crippen molar-refractivity contribution in [2.45, 2.75) is 343 Å². The molecular formula is C61H118O6. The summed E-state index contributed by atoms with van der Waals surface area (Å²) in [6.45, 7) is 13.8. The zero-order valence-electron chi connectivity index (χ0n) is 46.2. The highest BCUT2D eigenvalue weighted by molar-refractivity contribution is 5.71. The lowest BCUT2D eigenvalue weighted by atomic mass is 9.99. The van der Waals surface area contributed by atoms with Crippen LogP contribution in [-0.2, 0) is 28.6 Å². The fraction of sp³-hybridized carbons (Fsp3) is 0.951. The molecule has 0 saturated carbocycles. The Hall–Kier alpha value is -1.59. The van der Waals surface area contributed by atoms with Gasteiger partial charge in [-0.05, 0) is 37.0 Å². The van der Waals surface area contributed by atoms with Crippen LogP contribution in [0.4, 0.5) is 0 Å². The van der Waals surface area contributed by atoms with E-state index in [0.29, 0.717) is 19.3 Å². The Bertz CT molecular complexity index is 1040. The van der Waals surface area contributed by atoms with Crippen molar-refractivity contribution in [1.29, 1.82) is 0 Å². The van der Waals surface area contributed by atoms with Crippen LogP contribution in [-0.4, -0.2) is 37.2 Å². The van der Waals surface area contributed by atoms with Crippen molar-refractivity contribution in [3.8, 4) is 0 Å². The second-order valence-electron chi connectivity index (χ2n) is 22.2. The molecule has 0 N–H and O–H groups in total. The zero-order chi connectivity index (χ0) is 49.1. The van der Waals surface area contributed by atoms with Crippen molar-refractivity contribution in [2.24, 2.45) is 17.8 Å². The molecule has 0 aromatic rings. The van der Waals surface area contributed by atoms with Gasteiger partial charge >= 0.3 is 17.9 Å². The lowest BCUT2D eigenvalue weighted by Crippen LogP contribution is -2.30. The molecule has 67 heavy (non-hydrogen) atoms. The van der Waals surface area contributed by atoms with E-state index in [0.717, 1.165) is 75.5 Å². The first kappa shape index (κ1) is 65.4. The molecule has 0 aromatic carbocycles. The Kier molecular flexibility index (Phi) is 51.0. The summed E-state index contributed by atoms with van der Waals surface area (Å²) in [6.07, 6.45) is 55.4. The van der Waals surface area contributed by atoms with E-state index in [2.05, 4.69) is 41.5 Å². The van der Waals surface area contributed by atoms with Gasteiger partial charge in [0.15, 0.2) is 6.10 Å². The summed E-state index contributed by atoms with van der Waals surface area (Å²) in [5.41, 5.74) is 0. The molecule has 2 atom stereocenters. The van der Waals surface area contributed by atoms with Crippen molar-refractivity contribution in [1.82, 2.24) is 0 Å². The van der Waals surface area contributed by atoms with Gasteiger partial charge in [-0.2, -0.15) is 0 Å². The molecule has 6 nitrogen and oxygen atoms in total. The molecule has 0 aromatic heterocycles. The summed E-state index contributed by atoms with van der Waals surface area (Å²) in [4.78, 5) is 38.1. The second-order valence-corrected chi connectivity index (χ2v) is 22.2. The number of hydrogen-bond acceptors (Lipinski definition) is 6. The normalized spacial score (nSPS) is 12.5. The van der Waals surface area contributed by atoms with Crippen molar-refractivity contribution in [2.75, 3.05) is 13.2 Å². The van der Waals surface area contributed by atoms with Crippen LogP contribution in [0.3, 0.4) is 0 Å². The minimum Gasteiger partial charge on any atom is -0.462 e. The maximum Gasteiger partial charge on any atom is 0.306 e. The van der Waals surface area contributed by atoms with E-state index in [1.54, 1.807) is 0 Å². The van der Waals surface area contributed by atoms with Gasteiger partial charge in [-0.25, -0.2) is 0 Å². The van der Waals surface area contributed by atoms with Crippen molar-refractivity contribution in [3.63, 3.8) is 0 Å². The third-order valence-electron chi connectivity index (χ3n) is 14.3. The van der Waals surface area contributed by atoms with Crippen LogP contribution in [0.2, 0.25) is 0 Å². The van der Waals surface area contributed by atoms with Gasteiger partial charge in [0.1, 0.15) is 13.2 Å². The Labute approximate surface area is 418 Å². The number of carbonyl (C=O) groups is 3. The van der Waals surface area contributed by atoms with E-state index in [9.17, 15) is 14.4 Å². The van der Waals surface area contributed by atoms with E-state index in [-0.39, 0.29) is 31.1 Å². The monoisotopic (exact) mass is 947 g/mol. The maximum atomic E-state index is 12.8. The minimum absolute atomic E-state index is 0.0641. The average molecular weight is 948 g/mol. The van der Waals surface area contributed by atoms with Gasteiger partial charge in [0, 0.05) is 19.3 Å². The summed E-state index contributed by atoms with van der Waals surface area (Å²) in [7, 11) is 0. The van der Waals surface area contributed by atoms with Gasteiger partial charge in [-0.1, -0.05) is 298 Å². The lowest BCUT2D eigenvalue weighted by Gasteiger charge is -2.18. The van der Waals surface area contributed by atoms with Gasteiger partial charge in [-0.15, -0.1) is 0 Å². The van der Waals surface area contributed by atoms with E-state index in [1.807, 2.05) is 0 Å². The van der Waals surface area contributed by atoms with Crippen LogP contribution in [0.5, 0.6) is 0 Å². The fourth-order valence-electron chi connectivity index (χ4n) is 9.32. The number of carbonyl (C=O) groups excluding carboxylic acids is 3. The first-order valence-corrected chi connectivity index (χ1v) is 30.1.